The van der Waals surface area contributed by atoms with Gasteiger partial charge in [-0.1, -0.05) is 84.9 Å². The molecule has 1 aliphatic rings. The Balaban J connectivity index is 1.08. The van der Waals surface area contributed by atoms with Gasteiger partial charge in [0.1, 0.15) is 12.4 Å². The summed E-state index contributed by atoms with van der Waals surface area (Å²) in [6, 6.07) is 36.3. The minimum Gasteiger partial charge on any atom is -0.488 e. The van der Waals surface area contributed by atoms with Crippen molar-refractivity contribution in [3.05, 3.63) is 137 Å². The number of benzene rings is 4. The molecular weight excluding hydrogens is 482 g/mol. The molecule has 5 heteroatoms. The first-order chi connectivity index (χ1) is 19.2. The topological polar surface area (TPSA) is 53.9 Å². The van der Waals surface area contributed by atoms with E-state index in [1.165, 1.54) is 30.4 Å². The van der Waals surface area contributed by atoms with Crippen LogP contribution in [0.4, 0.5) is 0 Å². The van der Waals surface area contributed by atoms with Crippen molar-refractivity contribution < 1.29 is 9.53 Å². The monoisotopic (exact) mass is 517 g/mol. The van der Waals surface area contributed by atoms with Gasteiger partial charge in [-0.3, -0.25) is 9.69 Å². The van der Waals surface area contributed by atoms with Gasteiger partial charge in [0.15, 0.2) is 0 Å². The van der Waals surface area contributed by atoms with Crippen molar-refractivity contribution in [2.45, 2.75) is 32.4 Å². The van der Waals surface area contributed by atoms with E-state index in [0.29, 0.717) is 17.9 Å². The Bertz CT molecular complexity index is 1350. The zero-order valence-electron chi connectivity index (χ0n) is 22.2. The zero-order chi connectivity index (χ0) is 26.7. The molecule has 1 saturated heterocycles. The van der Waals surface area contributed by atoms with Gasteiger partial charge in [-0.05, 0) is 79.2 Å². The molecular formula is C34H35N3O2. The summed E-state index contributed by atoms with van der Waals surface area (Å²) in [4.78, 5) is 15.2. The first kappa shape index (κ1) is 26.4. The number of carbonyl (C=O) groups excluding carboxylic acids is 1. The summed E-state index contributed by atoms with van der Waals surface area (Å²) in [5, 5.41) is 4.17. The van der Waals surface area contributed by atoms with Crippen molar-refractivity contribution >= 4 is 12.1 Å². The number of ether oxygens (including phenoxy) is 1. The highest BCUT2D eigenvalue weighted by Crippen LogP contribution is 2.23. The van der Waals surface area contributed by atoms with Crippen LogP contribution in [0, 0.1) is 5.92 Å². The predicted molar refractivity (Wildman–Crippen MR) is 157 cm³/mol. The third-order valence-corrected chi connectivity index (χ3v) is 7.22. The number of hydrogen-bond donors (Lipinski definition) is 1. The lowest BCUT2D eigenvalue weighted by atomic mass is 9.90. The fourth-order valence-corrected chi connectivity index (χ4v) is 4.99. The second-order valence-corrected chi connectivity index (χ2v) is 10.1. The van der Waals surface area contributed by atoms with Gasteiger partial charge in [0.25, 0.3) is 5.91 Å². The van der Waals surface area contributed by atoms with Crippen LogP contribution in [0.2, 0.25) is 0 Å². The molecule has 198 valence electrons. The van der Waals surface area contributed by atoms with Gasteiger partial charge in [-0.15, -0.1) is 0 Å². The summed E-state index contributed by atoms with van der Waals surface area (Å²) in [5.41, 5.74) is 7.78. The molecule has 0 atom stereocenters. The third kappa shape index (κ3) is 7.88. The molecule has 0 saturated carbocycles. The number of hydrazone groups is 1. The van der Waals surface area contributed by atoms with Crippen LogP contribution in [-0.4, -0.2) is 30.1 Å². The summed E-state index contributed by atoms with van der Waals surface area (Å²) >= 11 is 0. The number of piperidine rings is 1. The Hall–Kier alpha value is -4.22. The number of amides is 1. The SMILES string of the molecule is O=C(N/N=C\c1ccccc1OCc1ccccc1)c1ccc(CN2CCC(Cc3ccccc3)CC2)cc1. The van der Waals surface area contributed by atoms with E-state index in [1.807, 2.05) is 78.9 Å². The van der Waals surface area contributed by atoms with Crippen molar-refractivity contribution in [3.63, 3.8) is 0 Å². The average molecular weight is 518 g/mol. The molecule has 5 nitrogen and oxygen atoms in total. The number of likely N-dealkylation sites (tertiary alicyclic amines) is 1. The normalized spacial score (nSPS) is 14.4. The maximum Gasteiger partial charge on any atom is 0.271 e. The summed E-state index contributed by atoms with van der Waals surface area (Å²) in [6.45, 7) is 3.62. The maximum atomic E-state index is 12.7. The molecule has 0 aliphatic carbocycles. The molecule has 4 aromatic rings. The fraction of sp³-hybridized carbons (Fsp3) is 0.235. The molecule has 1 N–H and O–H groups in total. The van der Waals surface area contributed by atoms with E-state index < -0.39 is 0 Å². The van der Waals surface area contributed by atoms with Gasteiger partial charge in [0, 0.05) is 17.7 Å². The highest BCUT2D eigenvalue weighted by molar-refractivity contribution is 5.95. The van der Waals surface area contributed by atoms with Crippen LogP contribution in [0.3, 0.4) is 0 Å². The molecule has 1 heterocycles. The molecule has 0 bridgehead atoms. The summed E-state index contributed by atoms with van der Waals surface area (Å²) in [6.07, 6.45) is 5.25. The van der Waals surface area contributed by atoms with Gasteiger partial charge in [-0.2, -0.15) is 5.10 Å². The highest BCUT2D eigenvalue weighted by Gasteiger charge is 2.19. The fourth-order valence-electron chi connectivity index (χ4n) is 4.99. The van der Waals surface area contributed by atoms with Crippen LogP contribution >= 0.6 is 0 Å². The molecule has 1 amide bonds. The van der Waals surface area contributed by atoms with Crippen LogP contribution < -0.4 is 10.2 Å². The van der Waals surface area contributed by atoms with E-state index in [0.717, 1.165) is 36.7 Å². The molecule has 5 rings (SSSR count). The maximum absolute atomic E-state index is 12.7. The largest absolute Gasteiger partial charge is 0.488 e. The molecule has 0 radical (unpaired) electrons. The van der Waals surface area contributed by atoms with Gasteiger partial charge < -0.3 is 4.74 Å². The smallest absolute Gasteiger partial charge is 0.271 e. The van der Waals surface area contributed by atoms with Gasteiger partial charge >= 0.3 is 0 Å². The first-order valence-electron chi connectivity index (χ1n) is 13.7. The van der Waals surface area contributed by atoms with E-state index in [-0.39, 0.29) is 5.91 Å². The van der Waals surface area contributed by atoms with E-state index in [2.05, 4.69) is 45.8 Å². The quantitative estimate of drug-likeness (QED) is 0.193. The number of carbonyl (C=O) groups is 1. The van der Waals surface area contributed by atoms with Crippen molar-refractivity contribution in [1.29, 1.82) is 0 Å². The lowest BCUT2D eigenvalue weighted by Gasteiger charge is -2.32. The molecule has 1 aliphatic heterocycles. The Kier molecular flexibility index (Phi) is 9.16. The van der Waals surface area contributed by atoms with Gasteiger partial charge in [0.2, 0.25) is 0 Å². The van der Waals surface area contributed by atoms with Crippen molar-refractivity contribution in [1.82, 2.24) is 10.3 Å². The molecule has 0 spiro atoms. The Morgan fingerprint density at radius 2 is 1.44 bits per heavy atom. The van der Waals surface area contributed by atoms with Crippen molar-refractivity contribution in [3.8, 4) is 5.75 Å². The predicted octanol–water partition coefficient (Wildman–Crippen LogP) is 6.48. The van der Waals surface area contributed by atoms with Gasteiger partial charge in [-0.25, -0.2) is 5.43 Å². The summed E-state index contributed by atoms with van der Waals surface area (Å²) < 4.78 is 5.97. The Labute approximate surface area is 231 Å². The summed E-state index contributed by atoms with van der Waals surface area (Å²) in [7, 11) is 0. The van der Waals surface area contributed by atoms with Crippen LogP contribution in [-0.2, 0) is 19.6 Å². The molecule has 4 aromatic carbocycles. The van der Waals surface area contributed by atoms with Crippen LogP contribution in [0.5, 0.6) is 5.75 Å². The second kappa shape index (κ2) is 13.5. The Morgan fingerprint density at radius 3 is 2.15 bits per heavy atom. The van der Waals surface area contributed by atoms with Crippen LogP contribution in [0.15, 0.2) is 114 Å². The third-order valence-electron chi connectivity index (χ3n) is 7.22. The second-order valence-electron chi connectivity index (χ2n) is 10.1. The first-order valence-corrected chi connectivity index (χ1v) is 13.7. The standard InChI is InChI=1S/C34H35N3O2/c38-34(36-35-24-32-13-7-8-14-33(32)39-26-30-11-5-2-6-12-30)31-17-15-29(16-18-31)25-37-21-19-28(20-22-37)23-27-9-3-1-4-10-27/h1-18,24,28H,19-23,25-26H2,(H,36,38)/b35-24-. The van der Waals surface area contributed by atoms with E-state index in [9.17, 15) is 4.79 Å². The molecule has 0 aromatic heterocycles. The minimum absolute atomic E-state index is 0.234. The molecule has 39 heavy (non-hydrogen) atoms. The minimum atomic E-state index is -0.234. The van der Waals surface area contributed by atoms with Crippen LogP contribution in [0.1, 0.15) is 45.5 Å². The van der Waals surface area contributed by atoms with E-state index >= 15 is 0 Å². The number of nitrogens with one attached hydrogen (secondary N) is 1. The van der Waals surface area contributed by atoms with E-state index in [1.54, 1.807) is 6.21 Å². The van der Waals surface area contributed by atoms with E-state index in [4.69, 9.17) is 4.74 Å². The van der Waals surface area contributed by atoms with Gasteiger partial charge in [0.05, 0.1) is 6.21 Å². The number of nitrogens with zero attached hydrogens (tertiary/aromatic N) is 2. The summed E-state index contributed by atoms with van der Waals surface area (Å²) in [5.74, 6) is 1.24. The van der Waals surface area contributed by atoms with Crippen LogP contribution in [0.25, 0.3) is 0 Å². The number of para-hydroxylation sites is 1. The average Bonchev–Trinajstić information content (AvgIpc) is 2.99. The lowest BCUT2D eigenvalue weighted by molar-refractivity contribution is 0.0955. The number of rotatable bonds is 10. The Morgan fingerprint density at radius 1 is 0.795 bits per heavy atom. The molecule has 1 fully saturated rings. The lowest BCUT2D eigenvalue weighted by Crippen LogP contribution is -2.33. The van der Waals surface area contributed by atoms with Crippen molar-refractivity contribution in [2.75, 3.05) is 13.1 Å². The molecule has 0 unspecified atom stereocenters. The number of hydrogen-bond acceptors (Lipinski definition) is 4. The zero-order valence-corrected chi connectivity index (χ0v) is 22.2. The highest BCUT2D eigenvalue weighted by atomic mass is 16.5. The van der Waals surface area contributed by atoms with Crippen molar-refractivity contribution in [2.24, 2.45) is 11.0 Å².